The van der Waals surface area contributed by atoms with Gasteiger partial charge in [0.05, 0.1) is 0 Å². The second kappa shape index (κ2) is 4.56. The molecule has 0 atom stereocenters. The van der Waals surface area contributed by atoms with Crippen LogP contribution in [0.2, 0.25) is 0 Å². The summed E-state index contributed by atoms with van der Waals surface area (Å²) in [5.41, 5.74) is 9.01. The van der Waals surface area contributed by atoms with Crippen LogP contribution in [0.4, 0.5) is 11.4 Å². The van der Waals surface area contributed by atoms with E-state index >= 15 is 0 Å². The summed E-state index contributed by atoms with van der Waals surface area (Å²) in [6, 6.07) is 6.04. The predicted molar refractivity (Wildman–Crippen MR) is 66.0 cm³/mol. The van der Waals surface area contributed by atoms with Gasteiger partial charge in [0.15, 0.2) is 0 Å². The molecule has 1 aromatic carbocycles. The first kappa shape index (κ1) is 10.3. The summed E-state index contributed by atoms with van der Waals surface area (Å²) < 4.78 is 0. The quantitative estimate of drug-likeness (QED) is 0.571. The highest BCUT2D eigenvalue weighted by atomic mass is 14.9. The summed E-state index contributed by atoms with van der Waals surface area (Å²) in [6.07, 6.45) is 5.59. The third kappa shape index (κ3) is 3.15. The van der Waals surface area contributed by atoms with E-state index in [0.29, 0.717) is 0 Å². The molecular weight excluding hydrogens is 184 g/mol. The number of anilines is 2. The van der Waals surface area contributed by atoms with E-state index in [4.69, 9.17) is 5.73 Å². The second-order valence-electron chi connectivity index (χ2n) is 4.59. The van der Waals surface area contributed by atoms with E-state index in [1.165, 1.54) is 36.9 Å². The lowest BCUT2D eigenvalue weighted by Crippen LogP contribution is -2.03. The molecule has 15 heavy (non-hydrogen) atoms. The lowest BCUT2D eigenvalue weighted by atomic mass is 10.1. The summed E-state index contributed by atoms with van der Waals surface area (Å²) in [4.78, 5) is 0. The zero-order chi connectivity index (χ0) is 10.7. The molecule has 1 saturated carbocycles. The van der Waals surface area contributed by atoms with Crippen molar-refractivity contribution in [2.75, 3.05) is 17.6 Å². The molecule has 1 aliphatic carbocycles. The number of hydrogen-bond donors (Lipinski definition) is 2. The molecular formula is C13H20N2. The smallest absolute Gasteiger partial charge is 0.0371 e. The SMILES string of the molecule is Cc1cc(N)ccc1NCCCC1CC1. The standard InChI is InChI=1S/C13H20N2/c1-10-9-12(14)6-7-13(10)15-8-2-3-11-4-5-11/h6-7,9,11,15H,2-5,8,14H2,1H3. The molecule has 1 aliphatic rings. The van der Waals surface area contributed by atoms with Gasteiger partial charge < -0.3 is 11.1 Å². The predicted octanol–water partition coefficient (Wildman–Crippen LogP) is 3.18. The number of hydrogen-bond acceptors (Lipinski definition) is 2. The Kier molecular flexibility index (Phi) is 3.14. The maximum atomic E-state index is 5.70. The molecule has 2 nitrogen and oxygen atoms in total. The summed E-state index contributed by atoms with van der Waals surface area (Å²) in [7, 11) is 0. The van der Waals surface area contributed by atoms with Crippen molar-refractivity contribution in [2.45, 2.75) is 32.6 Å². The Morgan fingerprint density at radius 1 is 1.40 bits per heavy atom. The van der Waals surface area contributed by atoms with Crippen LogP contribution >= 0.6 is 0 Å². The van der Waals surface area contributed by atoms with Gasteiger partial charge in [-0.3, -0.25) is 0 Å². The molecule has 0 aliphatic heterocycles. The maximum absolute atomic E-state index is 5.70. The van der Waals surface area contributed by atoms with Gasteiger partial charge in [-0.2, -0.15) is 0 Å². The molecule has 1 fully saturated rings. The Bertz CT molecular complexity index is 329. The van der Waals surface area contributed by atoms with Gasteiger partial charge in [-0.05, 0) is 49.4 Å². The normalized spacial score (nSPS) is 15.3. The molecule has 82 valence electrons. The molecule has 0 unspecified atom stereocenters. The van der Waals surface area contributed by atoms with E-state index < -0.39 is 0 Å². The highest BCUT2D eigenvalue weighted by Crippen LogP contribution is 2.33. The van der Waals surface area contributed by atoms with E-state index in [1.807, 2.05) is 12.1 Å². The van der Waals surface area contributed by atoms with Gasteiger partial charge in [0.2, 0.25) is 0 Å². The van der Waals surface area contributed by atoms with Gasteiger partial charge in [0.25, 0.3) is 0 Å². The van der Waals surface area contributed by atoms with Crippen LogP contribution in [0.5, 0.6) is 0 Å². The molecule has 0 aromatic heterocycles. The number of nitrogens with one attached hydrogen (secondary N) is 1. The Hall–Kier alpha value is -1.18. The van der Waals surface area contributed by atoms with E-state index in [2.05, 4.69) is 18.3 Å². The van der Waals surface area contributed by atoms with Crippen LogP contribution in [-0.2, 0) is 0 Å². The molecule has 0 saturated heterocycles. The highest BCUT2D eigenvalue weighted by molar-refractivity contribution is 5.57. The van der Waals surface area contributed by atoms with Crippen molar-refractivity contribution in [3.63, 3.8) is 0 Å². The minimum Gasteiger partial charge on any atom is -0.399 e. The first-order chi connectivity index (χ1) is 7.25. The zero-order valence-electron chi connectivity index (χ0n) is 9.42. The first-order valence-corrected chi connectivity index (χ1v) is 5.86. The molecule has 2 heteroatoms. The molecule has 2 rings (SSSR count). The van der Waals surface area contributed by atoms with Crippen molar-refractivity contribution in [1.82, 2.24) is 0 Å². The van der Waals surface area contributed by atoms with E-state index in [9.17, 15) is 0 Å². The Balaban J connectivity index is 1.76. The number of nitrogen functional groups attached to an aromatic ring is 1. The summed E-state index contributed by atoms with van der Waals surface area (Å²) in [5, 5.41) is 3.47. The van der Waals surface area contributed by atoms with Crippen LogP contribution in [0.15, 0.2) is 18.2 Å². The number of benzene rings is 1. The van der Waals surface area contributed by atoms with Gasteiger partial charge in [-0.15, -0.1) is 0 Å². The van der Waals surface area contributed by atoms with Gasteiger partial charge in [0.1, 0.15) is 0 Å². The Morgan fingerprint density at radius 3 is 2.87 bits per heavy atom. The van der Waals surface area contributed by atoms with Crippen LogP contribution in [0.1, 0.15) is 31.2 Å². The van der Waals surface area contributed by atoms with E-state index in [1.54, 1.807) is 0 Å². The lowest BCUT2D eigenvalue weighted by molar-refractivity contribution is 0.687. The second-order valence-corrected chi connectivity index (χ2v) is 4.59. The number of aryl methyl sites for hydroxylation is 1. The third-order valence-corrected chi connectivity index (χ3v) is 3.05. The minimum absolute atomic E-state index is 0.844. The van der Waals surface area contributed by atoms with Crippen molar-refractivity contribution in [2.24, 2.45) is 5.92 Å². The summed E-state index contributed by atoms with van der Waals surface area (Å²) in [6.45, 7) is 3.18. The number of nitrogens with two attached hydrogens (primary N) is 1. The van der Waals surface area contributed by atoms with Crippen molar-refractivity contribution < 1.29 is 0 Å². The maximum Gasteiger partial charge on any atom is 0.0371 e. The first-order valence-electron chi connectivity index (χ1n) is 5.86. The Labute approximate surface area is 91.9 Å². The van der Waals surface area contributed by atoms with Crippen LogP contribution in [0.3, 0.4) is 0 Å². The molecule has 0 spiro atoms. The van der Waals surface area contributed by atoms with Gasteiger partial charge in [-0.1, -0.05) is 12.8 Å². The fraction of sp³-hybridized carbons (Fsp3) is 0.538. The van der Waals surface area contributed by atoms with Crippen molar-refractivity contribution in [1.29, 1.82) is 0 Å². The van der Waals surface area contributed by atoms with Crippen LogP contribution in [-0.4, -0.2) is 6.54 Å². The van der Waals surface area contributed by atoms with Gasteiger partial charge in [-0.25, -0.2) is 0 Å². The van der Waals surface area contributed by atoms with Gasteiger partial charge in [0, 0.05) is 17.9 Å². The highest BCUT2D eigenvalue weighted by Gasteiger charge is 2.19. The minimum atomic E-state index is 0.844. The molecule has 0 bridgehead atoms. The summed E-state index contributed by atoms with van der Waals surface area (Å²) >= 11 is 0. The average molecular weight is 204 g/mol. The van der Waals surface area contributed by atoms with Crippen LogP contribution < -0.4 is 11.1 Å². The average Bonchev–Trinajstić information content (AvgIpc) is 2.99. The summed E-state index contributed by atoms with van der Waals surface area (Å²) in [5.74, 6) is 1.04. The molecule has 0 amide bonds. The third-order valence-electron chi connectivity index (χ3n) is 3.05. The topological polar surface area (TPSA) is 38.0 Å². The number of rotatable bonds is 5. The molecule has 0 radical (unpaired) electrons. The van der Waals surface area contributed by atoms with Gasteiger partial charge >= 0.3 is 0 Å². The molecule has 3 N–H and O–H groups in total. The molecule has 0 heterocycles. The van der Waals surface area contributed by atoms with Crippen LogP contribution in [0, 0.1) is 12.8 Å². The molecule has 1 aromatic rings. The lowest BCUT2D eigenvalue weighted by Gasteiger charge is -2.09. The van der Waals surface area contributed by atoms with Crippen molar-refractivity contribution in [3.05, 3.63) is 23.8 Å². The zero-order valence-corrected chi connectivity index (χ0v) is 9.42. The van der Waals surface area contributed by atoms with Crippen molar-refractivity contribution >= 4 is 11.4 Å². The monoisotopic (exact) mass is 204 g/mol. The van der Waals surface area contributed by atoms with Crippen molar-refractivity contribution in [3.8, 4) is 0 Å². The van der Waals surface area contributed by atoms with E-state index in [0.717, 1.165) is 18.2 Å². The fourth-order valence-corrected chi connectivity index (χ4v) is 1.91. The van der Waals surface area contributed by atoms with E-state index in [-0.39, 0.29) is 0 Å². The van der Waals surface area contributed by atoms with Crippen LogP contribution in [0.25, 0.3) is 0 Å². The fourth-order valence-electron chi connectivity index (χ4n) is 1.91. The Morgan fingerprint density at radius 2 is 2.20 bits per heavy atom. The largest absolute Gasteiger partial charge is 0.399 e.